The molecule has 2 N–H and O–H groups in total. The monoisotopic (exact) mass is 546 g/mol. The number of aromatic nitrogens is 1. The highest BCUT2D eigenvalue weighted by Gasteiger charge is 2.30. The Balaban J connectivity index is 1.86. The van der Waals surface area contributed by atoms with Crippen LogP contribution in [0.15, 0.2) is 52.5 Å². The van der Waals surface area contributed by atoms with Crippen molar-refractivity contribution in [1.29, 1.82) is 0 Å². The van der Waals surface area contributed by atoms with Crippen molar-refractivity contribution in [2.45, 2.75) is 57.2 Å². The molecule has 3 rings (SSSR count). The van der Waals surface area contributed by atoms with Gasteiger partial charge in [0.25, 0.3) is 0 Å². The van der Waals surface area contributed by atoms with Crippen LogP contribution in [0.2, 0.25) is 0 Å². The van der Waals surface area contributed by atoms with Crippen molar-refractivity contribution >= 4 is 36.7 Å². The van der Waals surface area contributed by atoms with E-state index in [0.29, 0.717) is 11.3 Å². The van der Waals surface area contributed by atoms with E-state index in [0.717, 1.165) is 15.4 Å². The van der Waals surface area contributed by atoms with E-state index in [2.05, 4.69) is 20.3 Å². The second kappa shape index (κ2) is 12.6. The molecule has 1 heterocycles. The molecule has 0 unspecified atom stereocenters. The summed E-state index contributed by atoms with van der Waals surface area (Å²) in [6, 6.07) is 11.4. The average Bonchev–Trinajstić information content (AvgIpc) is 3.24. The summed E-state index contributed by atoms with van der Waals surface area (Å²) in [5.41, 5.74) is 10.6. The highest BCUT2D eigenvalue weighted by atomic mass is 32.2. The van der Waals surface area contributed by atoms with Gasteiger partial charge in [-0.15, -0.1) is 0 Å². The van der Waals surface area contributed by atoms with Crippen LogP contribution >= 0.6 is 11.3 Å². The number of hydrogen-bond acceptors (Lipinski definition) is 8. The summed E-state index contributed by atoms with van der Waals surface area (Å²) in [6.07, 6.45) is -0.955. The van der Waals surface area contributed by atoms with Crippen molar-refractivity contribution in [3.05, 3.63) is 58.5 Å². The molecule has 0 fully saturated rings. The van der Waals surface area contributed by atoms with Crippen LogP contribution in [0.5, 0.6) is 5.75 Å². The summed E-state index contributed by atoms with van der Waals surface area (Å²) in [4.78, 5) is 7.54. The number of sulfonamides is 1. The number of fused-ring (bicyclic) bond motifs is 1. The molecule has 2 atom stereocenters. The second-order valence-electron chi connectivity index (χ2n) is 9.56. The number of ether oxygens (including phenoxy) is 1. The first-order valence-corrected chi connectivity index (χ1v) is 14.3. The maximum absolute atomic E-state index is 13.7. The molecule has 0 saturated carbocycles. The van der Waals surface area contributed by atoms with Gasteiger partial charge in [0.15, 0.2) is 5.13 Å². The Bertz CT molecular complexity index is 1330. The molecule has 0 bridgehead atoms. The van der Waals surface area contributed by atoms with Crippen LogP contribution in [0.1, 0.15) is 33.3 Å². The van der Waals surface area contributed by atoms with Crippen molar-refractivity contribution in [3.63, 3.8) is 0 Å². The fourth-order valence-electron chi connectivity index (χ4n) is 3.85. The van der Waals surface area contributed by atoms with Crippen LogP contribution in [0.4, 0.5) is 5.13 Å². The number of nitrogens with zero attached hydrogens (tertiary/aromatic N) is 5. The van der Waals surface area contributed by atoms with Crippen molar-refractivity contribution in [2.75, 3.05) is 25.5 Å². The zero-order valence-corrected chi connectivity index (χ0v) is 23.3. The van der Waals surface area contributed by atoms with Crippen LogP contribution in [-0.2, 0) is 16.4 Å². The Labute approximate surface area is 222 Å². The third-order valence-corrected chi connectivity index (χ3v) is 8.39. The molecule has 37 heavy (non-hydrogen) atoms. The molecule has 10 nitrogen and oxygen atoms in total. The van der Waals surface area contributed by atoms with Crippen molar-refractivity contribution in [3.8, 4) is 5.75 Å². The molecule has 0 spiro atoms. The first-order chi connectivity index (χ1) is 17.5. The Morgan fingerprint density at radius 2 is 1.86 bits per heavy atom. The fraction of sp³-hybridized carbons (Fsp3) is 0.480. The van der Waals surface area contributed by atoms with E-state index in [1.165, 1.54) is 15.6 Å². The lowest BCUT2D eigenvalue weighted by molar-refractivity contribution is 0.116. The van der Waals surface area contributed by atoms with E-state index in [1.54, 1.807) is 37.4 Å². The molecule has 0 aliphatic carbocycles. The van der Waals surface area contributed by atoms with Crippen molar-refractivity contribution < 1.29 is 18.3 Å². The van der Waals surface area contributed by atoms with E-state index in [1.807, 2.05) is 39.8 Å². The first kappa shape index (κ1) is 28.7. The van der Waals surface area contributed by atoms with Crippen molar-refractivity contribution in [1.82, 2.24) is 9.29 Å². The Kier molecular flexibility index (Phi) is 9.74. The molecule has 1 aromatic heterocycles. The van der Waals surface area contributed by atoms with Crippen LogP contribution in [0, 0.1) is 5.92 Å². The Morgan fingerprint density at radius 1 is 1.16 bits per heavy atom. The van der Waals surface area contributed by atoms with E-state index in [9.17, 15) is 13.5 Å². The molecule has 12 heteroatoms. The number of azide groups is 1. The molecule has 0 saturated heterocycles. The first-order valence-electron chi connectivity index (χ1n) is 12.1. The zero-order chi connectivity index (χ0) is 27.2. The summed E-state index contributed by atoms with van der Waals surface area (Å²) in [5, 5.41) is 18.8. The smallest absolute Gasteiger partial charge is 0.243 e. The van der Waals surface area contributed by atoms with Crippen LogP contribution < -0.4 is 10.1 Å². The third-order valence-electron chi connectivity index (χ3n) is 5.62. The number of rotatable bonds is 13. The van der Waals surface area contributed by atoms with Gasteiger partial charge in [0, 0.05) is 24.0 Å². The number of methoxy groups -OCH3 is 1. The van der Waals surface area contributed by atoms with E-state index in [4.69, 9.17) is 10.3 Å². The maximum Gasteiger partial charge on any atom is 0.243 e. The van der Waals surface area contributed by atoms with Crippen LogP contribution in [-0.4, -0.2) is 61.2 Å². The molecule has 200 valence electrons. The van der Waals surface area contributed by atoms with Gasteiger partial charge in [-0.05, 0) is 67.6 Å². The minimum Gasteiger partial charge on any atom is -0.497 e. The van der Waals surface area contributed by atoms with E-state index in [-0.39, 0.29) is 36.4 Å². The van der Waals surface area contributed by atoms with Gasteiger partial charge < -0.3 is 15.2 Å². The number of aliphatic hydroxyl groups excluding tert-OH is 1. The molecule has 0 amide bonds. The number of thiazole rings is 1. The van der Waals surface area contributed by atoms with Gasteiger partial charge in [0.1, 0.15) is 5.75 Å². The molecular weight excluding hydrogens is 512 g/mol. The average molecular weight is 547 g/mol. The van der Waals surface area contributed by atoms with E-state index < -0.39 is 22.2 Å². The second-order valence-corrected chi connectivity index (χ2v) is 12.5. The SMILES string of the molecule is COc1ccc(C[C@H](N=[N+]=[N-])[C@H](O)CN(CC(C)C)S(=O)(=O)c2ccc3nc(NC(C)C)sc3c2)cc1. The van der Waals surface area contributed by atoms with Gasteiger partial charge in [-0.25, -0.2) is 13.4 Å². The summed E-state index contributed by atoms with van der Waals surface area (Å²) in [7, 11) is -2.38. The van der Waals surface area contributed by atoms with Gasteiger partial charge in [-0.1, -0.05) is 42.4 Å². The maximum atomic E-state index is 13.7. The lowest BCUT2D eigenvalue weighted by Crippen LogP contribution is -2.43. The van der Waals surface area contributed by atoms with Gasteiger partial charge in [0.05, 0.1) is 34.4 Å². The predicted octanol–water partition coefficient (Wildman–Crippen LogP) is 5.05. The lowest BCUT2D eigenvalue weighted by Gasteiger charge is -2.28. The minimum absolute atomic E-state index is 0.00969. The normalized spacial score (nSPS) is 13.6. The molecule has 3 aromatic rings. The minimum atomic E-state index is -3.95. The topological polar surface area (TPSA) is 141 Å². The molecule has 2 aromatic carbocycles. The summed E-state index contributed by atoms with van der Waals surface area (Å²) < 4.78 is 34.6. The van der Waals surface area contributed by atoms with Gasteiger partial charge in [0.2, 0.25) is 10.0 Å². The number of hydrogen-bond donors (Lipinski definition) is 2. The van der Waals surface area contributed by atoms with E-state index >= 15 is 0 Å². The van der Waals surface area contributed by atoms with Crippen molar-refractivity contribution in [2.24, 2.45) is 11.0 Å². The van der Waals surface area contributed by atoms with Gasteiger partial charge in [-0.3, -0.25) is 0 Å². The summed E-state index contributed by atoms with van der Waals surface area (Å²) in [6.45, 7) is 7.83. The number of benzene rings is 2. The summed E-state index contributed by atoms with van der Waals surface area (Å²) >= 11 is 1.39. The summed E-state index contributed by atoms with van der Waals surface area (Å²) in [5.74, 6) is 0.694. The predicted molar refractivity (Wildman–Crippen MR) is 148 cm³/mol. The highest BCUT2D eigenvalue weighted by molar-refractivity contribution is 7.89. The number of aliphatic hydroxyl groups is 1. The van der Waals surface area contributed by atoms with Crippen LogP contribution in [0.25, 0.3) is 20.7 Å². The Hall–Kier alpha value is -2.89. The third kappa shape index (κ3) is 7.56. The van der Waals surface area contributed by atoms with Gasteiger partial charge in [-0.2, -0.15) is 4.31 Å². The molecular formula is C25H34N6O4S2. The zero-order valence-electron chi connectivity index (χ0n) is 21.7. The largest absolute Gasteiger partial charge is 0.497 e. The molecule has 0 aliphatic heterocycles. The molecule has 0 radical (unpaired) electrons. The number of anilines is 1. The standard InChI is InChI=1S/C25H34N6O4S2/c1-16(2)14-31(15-23(32)22(29-30-26)12-18-6-8-19(35-5)9-7-18)37(33,34)20-10-11-21-24(13-20)36-25(28-21)27-17(3)4/h6-11,13,16-17,22-23,32H,12,14-15H2,1-5H3,(H,27,28)/t22-,23+/m0/s1. The fourth-order valence-corrected chi connectivity index (χ4v) is 6.63. The molecule has 0 aliphatic rings. The quantitative estimate of drug-likeness (QED) is 0.175. The van der Waals surface area contributed by atoms with Gasteiger partial charge >= 0.3 is 0 Å². The highest BCUT2D eigenvalue weighted by Crippen LogP contribution is 2.30. The Morgan fingerprint density at radius 3 is 2.46 bits per heavy atom. The van der Waals surface area contributed by atoms with Crippen LogP contribution in [0.3, 0.4) is 0 Å². The lowest BCUT2D eigenvalue weighted by atomic mass is 10.0. The number of nitrogens with one attached hydrogen (secondary N) is 1.